The highest BCUT2D eigenvalue weighted by molar-refractivity contribution is 7.89. The van der Waals surface area contributed by atoms with Crippen LogP contribution >= 0.6 is 0 Å². The van der Waals surface area contributed by atoms with Gasteiger partial charge in [0.1, 0.15) is 0 Å². The first kappa shape index (κ1) is 27.2. The molecule has 0 aromatic heterocycles. The highest BCUT2D eigenvalue weighted by Gasteiger charge is 2.31. The number of amides is 1. The Morgan fingerprint density at radius 3 is 2.11 bits per heavy atom. The number of ether oxygens (including phenoxy) is 1. The lowest BCUT2D eigenvalue weighted by Crippen LogP contribution is -2.49. The Balaban J connectivity index is 1.54. The molecule has 37 heavy (non-hydrogen) atoms. The minimum atomic E-state index is -4.39. The zero-order valence-electron chi connectivity index (χ0n) is 20.8. The fraction of sp³-hybridized carbons (Fsp3) is 0.480. The molecule has 0 radical (unpaired) electrons. The third kappa shape index (κ3) is 6.36. The molecule has 2 aliphatic heterocycles. The van der Waals surface area contributed by atoms with Gasteiger partial charge in [-0.2, -0.15) is 13.2 Å². The maximum atomic E-state index is 13.7. The number of nitrogens with zero attached hydrogens (tertiary/aromatic N) is 3. The first-order chi connectivity index (χ1) is 17.5. The van der Waals surface area contributed by atoms with Gasteiger partial charge in [0.05, 0.1) is 29.2 Å². The summed E-state index contributed by atoms with van der Waals surface area (Å²) >= 11 is 0. The summed E-state index contributed by atoms with van der Waals surface area (Å²) in [6, 6.07) is 9.29. The van der Waals surface area contributed by atoms with Crippen molar-refractivity contribution < 1.29 is 31.1 Å². The molecule has 12 heteroatoms. The number of anilines is 2. The van der Waals surface area contributed by atoms with Crippen molar-refractivity contribution in [2.24, 2.45) is 0 Å². The van der Waals surface area contributed by atoms with E-state index >= 15 is 0 Å². The quantitative estimate of drug-likeness (QED) is 0.606. The van der Waals surface area contributed by atoms with Crippen molar-refractivity contribution in [2.75, 3.05) is 62.3 Å². The Morgan fingerprint density at radius 2 is 1.54 bits per heavy atom. The van der Waals surface area contributed by atoms with Gasteiger partial charge < -0.3 is 19.4 Å². The molecule has 2 heterocycles. The Labute approximate surface area is 215 Å². The summed E-state index contributed by atoms with van der Waals surface area (Å²) in [6.07, 6.45) is -4.39. The number of carbonyl (C=O) groups excluding carboxylic acids is 1. The molecule has 2 aromatic carbocycles. The highest BCUT2D eigenvalue weighted by Crippen LogP contribution is 2.31. The normalized spacial score (nSPS) is 17.4. The van der Waals surface area contributed by atoms with E-state index in [2.05, 4.69) is 4.72 Å². The first-order valence-electron chi connectivity index (χ1n) is 12.2. The Kier molecular flexibility index (Phi) is 8.00. The van der Waals surface area contributed by atoms with Crippen LogP contribution < -0.4 is 14.5 Å². The molecule has 2 aromatic rings. The Morgan fingerprint density at radius 1 is 0.919 bits per heavy atom. The van der Waals surface area contributed by atoms with Gasteiger partial charge in [-0.05, 0) is 56.3 Å². The molecule has 1 N–H and O–H groups in total. The number of sulfonamides is 1. The van der Waals surface area contributed by atoms with Crippen LogP contribution in [0.4, 0.5) is 24.5 Å². The predicted molar refractivity (Wildman–Crippen MR) is 134 cm³/mol. The third-order valence-electron chi connectivity index (χ3n) is 6.38. The minimum Gasteiger partial charge on any atom is -0.378 e. The molecule has 0 atom stereocenters. The van der Waals surface area contributed by atoms with Gasteiger partial charge in [-0.15, -0.1) is 0 Å². The monoisotopic (exact) mass is 540 g/mol. The number of halogens is 3. The summed E-state index contributed by atoms with van der Waals surface area (Å²) in [5.41, 5.74) is 0.905. The fourth-order valence-electron chi connectivity index (χ4n) is 4.51. The molecule has 0 aliphatic carbocycles. The van der Waals surface area contributed by atoms with E-state index in [0.717, 1.165) is 12.1 Å². The van der Waals surface area contributed by atoms with Crippen LogP contribution in [0.15, 0.2) is 47.4 Å². The third-order valence-corrected chi connectivity index (χ3v) is 8.03. The number of alkyl halides is 3. The van der Waals surface area contributed by atoms with Gasteiger partial charge in [-0.3, -0.25) is 4.79 Å². The van der Waals surface area contributed by atoms with E-state index in [9.17, 15) is 26.4 Å². The van der Waals surface area contributed by atoms with Crippen LogP contribution in [-0.4, -0.2) is 77.7 Å². The largest absolute Gasteiger partial charge is 0.416 e. The zero-order chi connectivity index (χ0) is 26.8. The number of nitrogens with one attached hydrogen (secondary N) is 1. The number of hydrogen-bond donors (Lipinski definition) is 1. The molecule has 0 bridgehead atoms. The van der Waals surface area contributed by atoms with Crippen molar-refractivity contribution in [2.45, 2.75) is 31.0 Å². The SMILES string of the molecule is CC(C)NS(=O)(=O)c1ccc(N2CCOCC2)c(C(=O)N2CCN(c3ccc(C(F)(F)F)cc3)CC2)c1. The molecular formula is C25H31F3N4O4S. The number of carbonyl (C=O) groups is 1. The number of morpholine rings is 1. The smallest absolute Gasteiger partial charge is 0.378 e. The molecule has 4 rings (SSSR count). The number of piperazine rings is 1. The average Bonchev–Trinajstić information content (AvgIpc) is 2.87. The van der Waals surface area contributed by atoms with Crippen molar-refractivity contribution in [1.82, 2.24) is 9.62 Å². The van der Waals surface area contributed by atoms with Crippen molar-refractivity contribution >= 4 is 27.3 Å². The second-order valence-corrected chi connectivity index (χ2v) is 11.1. The van der Waals surface area contributed by atoms with Crippen LogP contribution in [0, 0.1) is 0 Å². The lowest BCUT2D eigenvalue weighted by molar-refractivity contribution is -0.137. The van der Waals surface area contributed by atoms with Crippen LogP contribution in [0.25, 0.3) is 0 Å². The zero-order valence-corrected chi connectivity index (χ0v) is 21.6. The summed E-state index contributed by atoms with van der Waals surface area (Å²) in [5.74, 6) is -0.282. The standard InChI is InChI=1S/C25H31F3N4O4S/c1-18(2)29-37(34,35)21-7-8-23(31-13-15-36-16-14-31)22(17-21)24(33)32-11-9-30(10-12-32)20-5-3-19(4-6-20)25(26,27)28/h3-8,17-18,29H,9-16H2,1-2H3. The molecule has 0 unspecified atom stereocenters. The molecule has 2 saturated heterocycles. The van der Waals surface area contributed by atoms with Gasteiger partial charge >= 0.3 is 6.18 Å². The topological polar surface area (TPSA) is 82.2 Å². The van der Waals surface area contributed by atoms with Crippen molar-refractivity contribution in [3.05, 3.63) is 53.6 Å². The molecule has 2 fully saturated rings. The van der Waals surface area contributed by atoms with Crippen molar-refractivity contribution in [1.29, 1.82) is 0 Å². The molecule has 0 saturated carbocycles. The van der Waals surface area contributed by atoms with E-state index in [1.165, 1.54) is 24.3 Å². The summed E-state index contributed by atoms with van der Waals surface area (Å²) in [7, 11) is -3.80. The lowest BCUT2D eigenvalue weighted by atomic mass is 10.1. The lowest BCUT2D eigenvalue weighted by Gasteiger charge is -2.37. The maximum Gasteiger partial charge on any atom is 0.416 e. The minimum absolute atomic E-state index is 0.0185. The van der Waals surface area contributed by atoms with Crippen LogP contribution in [0.2, 0.25) is 0 Å². The summed E-state index contributed by atoms with van der Waals surface area (Å²) in [5, 5.41) is 0. The summed E-state index contributed by atoms with van der Waals surface area (Å²) in [4.78, 5) is 19.3. The van der Waals surface area contributed by atoms with Crippen LogP contribution in [0.1, 0.15) is 29.8 Å². The second kappa shape index (κ2) is 10.9. The van der Waals surface area contributed by atoms with Gasteiger partial charge in [0.15, 0.2) is 0 Å². The van der Waals surface area contributed by atoms with Crippen molar-refractivity contribution in [3.8, 4) is 0 Å². The van der Waals surface area contributed by atoms with E-state index in [-0.39, 0.29) is 16.8 Å². The Bertz CT molecular complexity index is 1210. The summed E-state index contributed by atoms with van der Waals surface area (Å²) in [6.45, 7) is 7.21. The van der Waals surface area contributed by atoms with E-state index in [1.807, 2.05) is 9.80 Å². The molecule has 0 spiro atoms. The van der Waals surface area contributed by atoms with Gasteiger partial charge in [0, 0.05) is 56.7 Å². The number of rotatable bonds is 6. The van der Waals surface area contributed by atoms with Gasteiger partial charge in [-0.25, -0.2) is 13.1 Å². The molecule has 202 valence electrons. The molecule has 8 nitrogen and oxygen atoms in total. The highest BCUT2D eigenvalue weighted by atomic mass is 32.2. The molecule has 1 amide bonds. The van der Waals surface area contributed by atoms with Gasteiger partial charge in [0.25, 0.3) is 5.91 Å². The molecular weight excluding hydrogens is 509 g/mol. The van der Waals surface area contributed by atoms with E-state index in [0.29, 0.717) is 69.4 Å². The van der Waals surface area contributed by atoms with Crippen molar-refractivity contribution in [3.63, 3.8) is 0 Å². The first-order valence-corrected chi connectivity index (χ1v) is 13.6. The number of benzene rings is 2. The van der Waals surface area contributed by atoms with Crippen LogP contribution in [0.3, 0.4) is 0 Å². The van der Waals surface area contributed by atoms with Gasteiger partial charge in [0.2, 0.25) is 10.0 Å². The average molecular weight is 541 g/mol. The number of hydrogen-bond acceptors (Lipinski definition) is 6. The van der Waals surface area contributed by atoms with Crippen LogP contribution in [0.5, 0.6) is 0 Å². The second-order valence-electron chi connectivity index (χ2n) is 9.38. The van der Waals surface area contributed by atoms with Gasteiger partial charge in [-0.1, -0.05) is 0 Å². The van der Waals surface area contributed by atoms with Crippen LogP contribution in [-0.2, 0) is 20.9 Å². The van der Waals surface area contributed by atoms with E-state index in [4.69, 9.17) is 4.74 Å². The predicted octanol–water partition coefficient (Wildman–Crippen LogP) is 3.19. The fourth-order valence-corrected chi connectivity index (χ4v) is 5.79. The molecule has 2 aliphatic rings. The van der Waals surface area contributed by atoms with E-state index < -0.39 is 21.8 Å². The van der Waals surface area contributed by atoms with E-state index in [1.54, 1.807) is 24.8 Å². The maximum absolute atomic E-state index is 13.7. The summed E-state index contributed by atoms with van der Waals surface area (Å²) < 4.78 is 72.3. The Hall–Kier alpha value is -2.83.